The van der Waals surface area contributed by atoms with E-state index in [0.29, 0.717) is 17.8 Å². The van der Waals surface area contributed by atoms with Crippen LogP contribution in [0.1, 0.15) is 39.4 Å². The lowest BCUT2D eigenvalue weighted by Gasteiger charge is -2.44. The molecule has 0 spiro atoms. The van der Waals surface area contributed by atoms with Crippen molar-refractivity contribution in [2.45, 2.75) is 45.3 Å². The third-order valence-corrected chi connectivity index (χ3v) is 6.15. The number of thiophene rings is 1. The lowest BCUT2D eigenvalue weighted by atomic mass is 9.84. The maximum atomic E-state index is 10.0. The second-order valence-electron chi connectivity index (χ2n) is 6.44. The summed E-state index contributed by atoms with van der Waals surface area (Å²) in [5, 5.41) is 10.0. The van der Waals surface area contributed by atoms with Crippen LogP contribution in [0.4, 0.5) is 0 Å². The van der Waals surface area contributed by atoms with E-state index >= 15 is 0 Å². The molecule has 0 aliphatic carbocycles. The number of rotatable bonds is 1. The second-order valence-corrected chi connectivity index (χ2v) is 7.78. The largest absolute Gasteiger partial charge is 0.504 e. The number of hydrogen-bond donors (Lipinski definition) is 1. The van der Waals surface area contributed by atoms with Crippen LogP contribution < -0.4 is 4.74 Å². The second kappa shape index (κ2) is 5.00. The zero-order chi connectivity index (χ0) is 15.4. The number of phenolic OH excluding ortho intramolecular Hbond substituents is 1. The van der Waals surface area contributed by atoms with Crippen molar-refractivity contribution in [3.05, 3.63) is 44.6 Å². The van der Waals surface area contributed by atoms with Gasteiger partial charge in [0.2, 0.25) is 0 Å². The Morgan fingerprint density at radius 1 is 1.32 bits per heavy atom. The maximum Gasteiger partial charge on any atom is 0.165 e. The van der Waals surface area contributed by atoms with Crippen LogP contribution in [-0.4, -0.2) is 23.2 Å². The molecule has 2 aromatic rings. The molecule has 2 atom stereocenters. The van der Waals surface area contributed by atoms with Gasteiger partial charge in [0.25, 0.3) is 0 Å². The minimum Gasteiger partial charge on any atom is -0.504 e. The summed E-state index contributed by atoms with van der Waals surface area (Å²) >= 11 is 1.95. The summed E-state index contributed by atoms with van der Waals surface area (Å²) in [6.07, 6.45) is 2.13. The van der Waals surface area contributed by atoms with E-state index < -0.39 is 0 Å². The number of fused-ring (bicyclic) bond motifs is 4. The minimum atomic E-state index is 0.247. The van der Waals surface area contributed by atoms with Crippen LogP contribution in [0.2, 0.25) is 0 Å². The van der Waals surface area contributed by atoms with Gasteiger partial charge in [-0.25, -0.2) is 0 Å². The van der Waals surface area contributed by atoms with Gasteiger partial charge in [-0.3, -0.25) is 4.90 Å². The molecule has 116 valence electrons. The molecule has 0 bridgehead atoms. The molecule has 22 heavy (non-hydrogen) atoms. The fourth-order valence-corrected chi connectivity index (χ4v) is 5.24. The van der Waals surface area contributed by atoms with E-state index in [0.717, 1.165) is 24.9 Å². The number of ether oxygens (including phenoxy) is 1. The van der Waals surface area contributed by atoms with Crippen LogP contribution in [-0.2, 0) is 19.4 Å². The Morgan fingerprint density at radius 3 is 2.91 bits per heavy atom. The van der Waals surface area contributed by atoms with Gasteiger partial charge in [-0.15, -0.1) is 11.3 Å². The highest BCUT2D eigenvalue weighted by Crippen LogP contribution is 2.46. The van der Waals surface area contributed by atoms with Gasteiger partial charge in [-0.05, 0) is 49.9 Å². The highest BCUT2D eigenvalue weighted by atomic mass is 32.1. The maximum absolute atomic E-state index is 10.0. The normalized spacial score (nSPS) is 23.6. The number of phenols is 1. The molecule has 2 aliphatic rings. The van der Waals surface area contributed by atoms with Crippen molar-refractivity contribution in [2.24, 2.45) is 0 Å². The summed E-state index contributed by atoms with van der Waals surface area (Å²) in [6, 6.07) is 7.18. The van der Waals surface area contributed by atoms with E-state index in [1.807, 2.05) is 11.3 Å². The molecule has 1 N–H and O–H groups in total. The predicted octanol–water partition coefficient (Wildman–Crippen LogP) is 3.81. The summed E-state index contributed by atoms with van der Waals surface area (Å²) in [5.41, 5.74) is 3.97. The van der Waals surface area contributed by atoms with Crippen LogP contribution in [0.3, 0.4) is 0 Å². The topological polar surface area (TPSA) is 32.7 Å². The van der Waals surface area contributed by atoms with Gasteiger partial charge < -0.3 is 9.84 Å². The first-order valence-corrected chi connectivity index (χ1v) is 8.62. The van der Waals surface area contributed by atoms with Gasteiger partial charge in [-0.1, -0.05) is 6.07 Å². The number of hydrogen-bond acceptors (Lipinski definition) is 4. The van der Waals surface area contributed by atoms with Crippen molar-refractivity contribution in [1.82, 2.24) is 4.90 Å². The van der Waals surface area contributed by atoms with Crippen LogP contribution in [0, 0.1) is 6.92 Å². The van der Waals surface area contributed by atoms with Gasteiger partial charge in [0.15, 0.2) is 11.5 Å². The third-order valence-electron chi connectivity index (χ3n) is 5.07. The van der Waals surface area contributed by atoms with Crippen molar-refractivity contribution < 1.29 is 9.84 Å². The Morgan fingerprint density at radius 2 is 2.14 bits per heavy atom. The van der Waals surface area contributed by atoms with Crippen molar-refractivity contribution in [2.75, 3.05) is 7.11 Å². The zero-order valence-corrected chi connectivity index (χ0v) is 14.0. The van der Waals surface area contributed by atoms with Crippen LogP contribution in [0.5, 0.6) is 11.5 Å². The molecule has 1 aromatic carbocycles. The standard InChI is InChI=1S/C18H21NO2S/c1-10-6-17-13(7-11(2)22-17)15-8-12-4-5-16(20)18(21-3)14(12)9-19(10)15/h4-5,7,10,15,20H,6,8-9H2,1-3H3/t10?,15-/m0/s1. The minimum absolute atomic E-state index is 0.247. The Balaban J connectivity index is 1.82. The van der Waals surface area contributed by atoms with E-state index in [1.165, 1.54) is 16.0 Å². The van der Waals surface area contributed by atoms with E-state index in [4.69, 9.17) is 4.74 Å². The van der Waals surface area contributed by atoms with Gasteiger partial charge in [0, 0.05) is 33.9 Å². The lowest BCUT2D eigenvalue weighted by Crippen LogP contribution is -2.44. The first kappa shape index (κ1) is 14.1. The van der Waals surface area contributed by atoms with Crippen molar-refractivity contribution in [3.63, 3.8) is 0 Å². The molecule has 4 rings (SSSR count). The van der Waals surface area contributed by atoms with Gasteiger partial charge in [-0.2, -0.15) is 0 Å². The highest BCUT2D eigenvalue weighted by Gasteiger charge is 2.38. The van der Waals surface area contributed by atoms with Crippen LogP contribution >= 0.6 is 11.3 Å². The first-order valence-electron chi connectivity index (χ1n) is 7.81. The third kappa shape index (κ3) is 1.97. The molecule has 4 heteroatoms. The van der Waals surface area contributed by atoms with E-state index in [9.17, 15) is 5.11 Å². The SMILES string of the molecule is COc1c(O)ccc2c1CN1C(C)Cc3sc(C)cc3[C@@H]1C2. The average molecular weight is 315 g/mol. The quantitative estimate of drug-likeness (QED) is 0.868. The van der Waals surface area contributed by atoms with E-state index in [2.05, 4.69) is 30.9 Å². The Bertz CT molecular complexity index is 737. The Kier molecular flexibility index (Phi) is 3.20. The smallest absolute Gasteiger partial charge is 0.165 e. The number of aryl methyl sites for hydroxylation is 1. The summed E-state index contributed by atoms with van der Waals surface area (Å²) in [7, 11) is 1.64. The molecule has 0 saturated carbocycles. The zero-order valence-electron chi connectivity index (χ0n) is 13.2. The molecule has 0 saturated heterocycles. The van der Waals surface area contributed by atoms with Crippen LogP contribution in [0.25, 0.3) is 0 Å². The predicted molar refractivity (Wildman–Crippen MR) is 88.9 cm³/mol. The molecule has 3 heterocycles. The Labute approximate surface area is 135 Å². The monoisotopic (exact) mass is 315 g/mol. The summed E-state index contributed by atoms with van der Waals surface area (Å²) in [4.78, 5) is 5.53. The molecular formula is C18H21NO2S. The molecule has 3 nitrogen and oxygen atoms in total. The fraction of sp³-hybridized carbons (Fsp3) is 0.444. The summed E-state index contributed by atoms with van der Waals surface area (Å²) in [5.74, 6) is 0.895. The molecule has 2 aliphatic heterocycles. The molecule has 1 aromatic heterocycles. The van der Waals surface area contributed by atoms with E-state index in [1.54, 1.807) is 18.1 Å². The average Bonchev–Trinajstić information content (AvgIpc) is 2.86. The highest BCUT2D eigenvalue weighted by molar-refractivity contribution is 7.12. The van der Waals surface area contributed by atoms with E-state index in [-0.39, 0.29) is 5.75 Å². The van der Waals surface area contributed by atoms with Crippen molar-refractivity contribution >= 4 is 11.3 Å². The van der Waals surface area contributed by atoms with Crippen molar-refractivity contribution in [3.8, 4) is 11.5 Å². The summed E-state index contributed by atoms with van der Waals surface area (Å²) in [6.45, 7) is 5.37. The van der Waals surface area contributed by atoms with Crippen molar-refractivity contribution in [1.29, 1.82) is 0 Å². The first-order chi connectivity index (χ1) is 10.6. The van der Waals surface area contributed by atoms with Gasteiger partial charge in [0.1, 0.15) is 0 Å². The molecule has 1 unspecified atom stereocenters. The van der Waals surface area contributed by atoms with Crippen LogP contribution in [0.15, 0.2) is 18.2 Å². The Hall–Kier alpha value is -1.52. The molecular weight excluding hydrogens is 294 g/mol. The van der Waals surface area contributed by atoms with Gasteiger partial charge >= 0.3 is 0 Å². The summed E-state index contributed by atoms with van der Waals surface area (Å²) < 4.78 is 5.46. The fourth-order valence-electron chi connectivity index (χ4n) is 4.03. The van der Waals surface area contributed by atoms with Gasteiger partial charge in [0.05, 0.1) is 7.11 Å². The lowest BCUT2D eigenvalue weighted by molar-refractivity contribution is 0.106. The molecule has 0 amide bonds. The number of nitrogens with zero attached hydrogens (tertiary/aromatic N) is 1. The number of methoxy groups -OCH3 is 1. The molecule has 0 radical (unpaired) electrons. The number of benzene rings is 1. The molecule has 0 fully saturated rings. The number of aromatic hydroxyl groups is 1.